The lowest BCUT2D eigenvalue weighted by atomic mass is 10.2. The zero-order valence-corrected chi connectivity index (χ0v) is 11.5. The maximum absolute atomic E-state index is 13.4. The monoisotopic (exact) mass is 298 g/mol. The largest absolute Gasteiger partial charge is 0.469 e. The molecule has 0 aliphatic heterocycles. The van der Waals surface area contributed by atoms with E-state index in [1.54, 1.807) is 5.38 Å². The van der Waals surface area contributed by atoms with E-state index in [-0.39, 0.29) is 24.5 Å². The van der Waals surface area contributed by atoms with Gasteiger partial charge in [-0.3, -0.25) is 4.79 Å². The Morgan fingerprint density at radius 3 is 3.00 bits per heavy atom. The van der Waals surface area contributed by atoms with Crippen molar-refractivity contribution in [2.45, 2.75) is 13.0 Å². The minimum Gasteiger partial charge on any atom is -0.469 e. The van der Waals surface area contributed by atoms with Crippen molar-refractivity contribution in [2.75, 3.05) is 12.4 Å². The van der Waals surface area contributed by atoms with Gasteiger partial charge in [-0.15, -0.1) is 11.3 Å². The Labute approximate surface area is 118 Å². The Hall–Kier alpha value is -2.02. The molecule has 0 saturated carbocycles. The minimum atomic E-state index is -0.492. The van der Waals surface area contributed by atoms with Crippen LogP contribution in [-0.2, 0) is 22.5 Å². The van der Waals surface area contributed by atoms with E-state index in [0.29, 0.717) is 10.8 Å². The number of ether oxygens (including phenoxy) is 1. The third-order valence-electron chi connectivity index (χ3n) is 2.54. The smallest absolute Gasteiger partial charge is 0.311 e. The summed E-state index contributed by atoms with van der Waals surface area (Å²) in [6.45, 7) is 0.120. The number of hydrogen-bond acceptors (Lipinski definition) is 5. The number of esters is 1. The summed E-state index contributed by atoms with van der Waals surface area (Å²) in [7, 11) is 1.31. The first-order valence-corrected chi connectivity index (χ1v) is 6.65. The van der Waals surface area contributed by atoms with Crippen LogP contribution in [0.4, 0.5) is 13.9 Å². The van der Waals surface area contributed by atoms with Crippen LogP contribution in [0.1, 0.15) is 11.3 Å². The van der Waals surface area contributed by atoms with Gasteiger partial charge in [-0.1, -0.05) is 0 Å². The highest BCUT2D eigenvalue weighted by Crippen LogP contribution is 2.18. The number of aromatic nitrogens is 1. The van der Waals surface area contributed by atoms with Crippen LogP contribution in [-0.4, -0.2) is 18.1 Å². The molecule has 1 aromatic carbocycles. The summed E-state index contributed by atoms with van der Waals surface area (Å²) in [6.07, 6.45) is 0.0863. The second-order valence-electron chi connectivity index (χ2n) is 3.99. The van der Waals surface area contributed by atoms with E-state index in [4.69, 9.17) is 0 Å². The van der Waals surface area contributed by atoms with Crippen LogP contribution in [0.15, 0.2) is 23.6 Å². The first kappa shape index (κ1) is 14.4. The van der Waals surface area contributed by atoms with Crippen LogP contribution in [0.3, 0.4) is 0 Å². The number of carbonyl (C=O) groups excluding carboxylic acids is 1. The maximum Gasteiger partial charge on any atom is 0.311 e. The maximum atomic E-state index is 13.4. The molecule has 0 radical (unpaired) electrons. The SMILES string of the molecule is COC(=O)Cc1csc(NCc2cc(F)ccc2F)n1. The fraction of sp³-hybridized carbons (Fsp3) is 0.231. The molecule has 0 fully saturated rings. The van der Waals surface area contributed by atoms with E-state index in [1.807, 2.05) is 0 Å². The number of hydrogen-bond donors (Lipinski definition) is 1. The molecule has 1 aromatic heterocycles. The van der Waals surface area contributed by atoms with Crippen molar-refractivity contribution in [1.82, 2.24) is 4.98 Å². The number of benzene rings is 1. The fourth-order valence-electron chi connectivity index (χ4n) is 1.54. The predicted molar refractivity (Wildman–Crippen MR) is 71.5 cm³/mol. The van der Waals surface area contributed by atoms with Crippen LogP contribution in [0, 0.1) is 11.6 Å². The second-order valence-corrected chi connectivity index (χ2v) is 4.84. The van der Waals surface area contributed by atoms with Gasteiger partial charge in [0.25, 0.3) is 0 Å². The van der Waals surface area contributed by atoms with Crippen molar-refractivity contribution in [2.24, 2.45) is 0 Å². The molecule has 0 unspecified atom stereocenters. The van der Waals surface area contributed by atoms with Gasteiger partial charge < -0.3 is 10.1 Å². The number of carbonyl (C=O) groups is 1. The Kier molecular flexibility index (Phi) is 4.62. The van der Waals surface area contributed by atoms with Gasteiger partial charge in [0.2, 0.25) is 0 Å². The average molecular weight is 298 g/mol. The quantitative estimate of drug-likeness (QED) is 0.862. The van der Waals surface area contributed by atoms with Crippen molar-refractivity contribution >= 4 is 22.4 Å². The molecule has 0 saturated heterocycles. The zero-order chi connectivity index (χ0) is 14.5. The van der Waals surface area contributed by atoms with Crippen LogP contribution in [0.25, 0.3) is 0 Å². The third-order valence-corrected chi connectivity index (χ3v) is 3.39. The lowest BCUT2D eigenvalue weighted by molar-refractivity contribution is -0.139. The molecule has 0 spiro atoms. The van der Waals surface area contributed by atoms with Crippen LogP contribution >= 0.6 is 11.3 Å². The molecular weight excluding hydrogens is 286 g/mol. The van der Waals surface area contributed by atoms with Crippen molar-refractivity contribution in [1.29, 1.82) is 0 Å². The topological polar surface area (TPSA) is 51.2 Å². The summed E-state index contributed by atoms with van der Waals surface area (Å²) in [5.41, 5.74) is 0.791. The number of methoxy groups -OCH3 is 1. The predicted octanol–water partition coefficient (Wildman–Crippen LogP) is 2.75. The van der Waals surface area contributed by atoms with E-state index in [1.165, 1.54) is 18.4 Å². The zero-order valence-electron chi connectivity index (χ0n) is 10.7. The highest BCUT2D eigenvalue weighted by atomic mass is 32.1. The molecule has 0 aliphatic rings. The molecule has 2 aromatic rings. The molecule has 4 nitrogen and oxygen atoms in total. The first-order chi connectivity index (χ1) is 9.58. The number of halogens is 2. The highest BCUT2D eigenvalue weighted by molar-refractivity contribution is 7.13. The lowest BCUT2D eigenvalue weighted by Crippen LogP contribution is -2.05. The number of nitrogens with one attached hydrogen (secondary N) is 1. The van der Waals surface area contributed by atoms with Gasteiger partial charge in [0.15, 0.2) is 5.13 Å². The van der Waals surface area contributed by atoms with Crippen LogP contribution in [0.2, 0.25) is 0 Å². The normalized spacial score (nSPS) is 10.3. The van der Waals surface area contributed by atoms with Gasteiger partial charge in [0, 0.05) is 17.5 Å². The Morgan fingerprint density at radius 2 is 2.25 bits per heavy atom. The van der Waals surface area contributed by atoms with E-state index in [2.05, 4.69) is 15.0 Å². The molecule has 1 N–H and O–H groups in total. The summed E-state index contributed by atoms with van der Waals surface area (Å²) in [6, 6.07) is 3.28. The highest BCUT2D eigenvalue weighted by Gasteiger charge is 2.08. The Morgan fingerprint density at radius 1 is 1.45 bits per heavy atom. The van der Waals surface area contributed by atoms with Crippen LogP contribution < -0.4 is 5.32 Å². The van der Waals surface area contributed by atoms with Gasteiger partial charge in [-0.25, -0.2) is 13.8 Å². The van der Waals surface area contributed by atoms with E-state index in [0.717, 1.165) is 18.2 Å². The summed E-state index contributed by atoms with van der Waals surface area (Å²) in [4.78, 5) is 15.2. The molecule has 106 valence electrons. The van der Waals surface area contributed by atoms with E-state index >= 15 is 0 Å². The van der Waals surface area contributed by atoms with Gasteiger partial charge >= 0.3 is 5.97 Å². The van der Waals surface area contributed by atoms with E-state index in [9.17, 15) is 13.6 Å². The minimum absolute atomic E-state index is 0.0863. The summed E-state index contributed by atoms with van der Waals surface area (Å²) >= 11 is 1.29. The fourth-order valence-corrected chi connectivity index (χ4v) is 2.25. The number of anilines is 1. The molecule has 20 heavy (non-hydrogen) atoms. The third kappa shape index (κ3) is 3.74. The average Bonchev–Trinajstić information content (AvgIpc) is 2.87. The summed E-state index contributed by atoms with van der Waals surface area (Å²) in [5.74, 6) is -1.35. The molecule has 0 bridgehead atoms. The number of rotatable bonds is 5. The Bertz CT molecular complexity index is 616. The standard InChI is InChI=1S/C13H12F2N2O2S/c1-19-12(18)5-10-7-20-13(17-10)16-6-8-4-9(14)2-3-11(8)15/h2-4,7H,5-6H2,1H3,(H,16,17). The van der Waals surface area contributed by atoms with Crippen LogP contribution in [0.5, 0.6) is 0 Å². The molecule has 2 rings (SSSR count). The molecule has 0 aliphatic carbocycles. The lowest BCUT2D eigenvalue weighted by Gasteiger charge is -2.04. The van der Waals surface area contributed by atoms with Gasteiger partial charge in [0.05, 0.1) is 19.2 Å². The molecule has 0 amide bonds. The van der Waals surface area contributed by atoms with Crippen molar-refractivity contribution in [3.63, 3.8) is 0 Å². The summed E-state index contributed by atoms with van der Waals surface area (Å²) in [5, 5.41) is 5.13. The van der Waals surface area contributed by atoms with Crippen molar-refractivity contribution in [3.8, 4) is 0 Å². The second kappa shape index (κ2) is 6.42. The Balaban J connectivity index is 1.97. The van der Waals surface area contributed by atoms with E-state index < -0.39 is 11.6 Å². The molecule has 0 atom stereocenters. The van der Waals surface area contributed by atoms with Gasteiger partial charge in [-0.2, -0.15) is 0 Å². The van der Waals surface area contributed by atoms with Gasteiger partial charge in [-0.05, 0) is 18.2 Å². The number of thiazole rings is 1. The van der Waals surface area contributed by atoms with Crippen molar-refractivity contribution < 1.29 is 18.3 Å². The first-order valence-electron chi connectivity index (χ1n) is 5.77. The summed E-state index contributed by atoms with van der Waals surface area (Å²) < 4.78 is 30.9. The molecule has 1 heterocycles. The molecule has 7 heteroatoms. The van der Waals surface area contributed by atoms with Gasteiger partial charge in [0.1, 0.15) is 11.6 Å². The van der Waals surface area contributed by atoms with Crippen molar-refractivity contribution in [3.05, 3.63) is 46.5 Å². The molecular formula is C13H12F2N2O2S. The number of nitrogens with zero attached hydrogens (tertiary/aromatic N) is 1.